The Morgan fingerprint density at radius 3 is 2.11 bits per heavy atom. The molecule has 4 aromatic carbocycles. The van der Waals surface area contributed by atoms with Crippen molar-refractivity contribution < 1.29 is 38.7 Å². The van der Waals surface area contributed by atoms with Crippen molar-refractivity contribution >= 4 is 40.7 Å². The van der Waals surface area contributed by atoms with Gasteiger partial charge in [-0.15, -0.1) is 0 Å². The third-order valence-corrected chi connectivity index (χ3v) is 11.5. The number of methoxy groups -OCH3 is 2. The second-order valence-corrected chi connectivity index (χ2v) is 14.1. The quantitative estimate of drug-likeness (QED) is 0.0977. The molecule has 2 N–H and O–H groups in total. The molecular weight excluding hydrogens is 692 g/mol. The number of carbonyl (C=O) groups excluding carboxylic acids is 4. The number of nitro groups is 1. The maximum absolute atomic E-state index is 15.4. The first-order chi connectivity index (χ1) is 26.0. The van der Waals surface area contributed by atoms with Crippen LogP contribution in [-0.2, 0) is 24.6 Å². The normalized spacial score (nSPS) is 25.8. The summed E-state index contributed by atoms with van der Waals surface area (Å²) in [5.74, 6) is -6.04. The zero-order valence-corrected chi connectivity index (χ0v) is 29.6. The van der Waals surface area contributed by atoms with Gasteiger partial charge < -0.3 is 14.6 Å². The summed E-state index contributed by atoms with van der Waals surface area (Å²) >= 11 is 0. The zero-order chi connectivity index (χ0) is 38.1. The number of amides is 4. The number of aryl methyl sites for hydroxylation is 1. The molecule has 0 spiro atoms. The number of rotatable bonds is 8. The van der Waals surface area contributed by atoms with Gasteiger partial charge in [0.1, 0.15) is 17.2 Å². The summed E-state index contributed by atoms with van der Waals surface area (Å²) in [5.41, 5.74) is 4.66. The third-order valence-electron chi connectivity index (χ3n) is 11.5. The molecule has 2 aliphatic heterocycles. The van der Waals surface area contributed by atoms with Gasteiger partial charge in [-0.3, -0.25) is 39.6 Å². The van der Waals surface area contributed by atoms with E-state index in [1.54, 1.807) is 24.3 Å². The number of benzene rings is 4. The molecule has 0 radical (unpaired) electrons. The maximum Gasteiger partial charge on any atom is 0.269 e. The number of hydrogen-bond acceptors (Lipinski definition) is 10. The number of ether oxygens (including phenoxy) is 2. The number of carbonyl (C=O) groups is 4. The Morgan fingerprint density at radius 2 is 1.50 bits per heavy atom. The van der Waals surface area contributed by atoms with E-state index in [2.05, 4.69) is 5.43 Å². The van der Waals surface area contributed by atoms with Crippen molar-refractivity contribution in [1.82, 2.24) is 5.01 Å². The standard InChI is InChI=1S/C41H36N4O9/c1-22-9-11-24(12-10-22)42-44-38(48)31-21-30-28(17-18-29-34(30)39(49)43(37(29)47)25-13-15-26(16-14-25)45(51)52)36(35-32(53-2)19-27(46)20-33(35)54-3)41(31,40(44)50)23-7-5-4-6-8-23/h4-17,19-20,29-31,34,36,42,46H,18,21H2,1-3H3. The monoisotopic (exact) mass is 728 g/mol. The molecule has 2 heterocycles. The van der Waals surface area contributed by atoms with Crippen LogP contribution in [0.5, 0.6) is 17.2 Å². The second-order valence-electron chi connectivity index (χ2n) is 14.1. The smallest absolute Gasteiger partial charge is 0.269 e. The molecule has 4 aromatic rings. The van der Waals surface area contributed by atoms with Gasteiger partial charge >= 0.3 is 0 Å². The molecule has 274 valence electrons. The topological polar surface area (TPSA) is 169 Å². The molecule has 6 atom stereocenters. The van der Waals surface area contributed by atoms with E-state index in [1.807, 2.05) is 43.3 Å². The summed E-state index contributed by atoms with van der Waals surface area (Å²) in [4.78, 5) is 70.9. The molecule has 2 aliphatic carbocycles. The van der Waals surface area contributed by atoms with E-state index >= 15 is 4.79 Å². The summed E-state index contributed by atoms with van der Waals surface area (Å²) in [7, 11) is 2.87. The maximum atomic E-state index is 15.4. The average Bonchev–Trinajstić information content (AvgIpc) is 3.56. The van der Waals surface area contributed by atoms with Crippen LogP contribution in [0.3, 0.4) is 0 Å². The number of nitrogens with zero attached hydrogens (tertiary/aromatic N) is 3. The van der Waals surface area contributed by atoms with Crippen LogP contribution in [0.1, 0.15) is 35.4 Å². The van der Waals surface area contributed by atoms with Crippen molar-refractivity contribution in [3.63, 3.8) is 0 Å². The number of anilines is 2. The molecule has 6 unspecified atom stereocenters. The predicted octanol–water partition coefficient (Wildman–Crippen LogP) is 5.82. The van der Waals surface area contributed by atoms with Gasteiger partial charge in [0.2, 0.25) is 11.8 Å². The summed E-state index contributed by atoms with van der Waals surface area (Å²) in [6, 6.07) is 24.4. The minimum absolute atomic E-state index is 0.0604. The van der Waals surface area contributed by atoms with Crippen LogP contribution in [0.25, 0.3) is 0 Å². The number of imide groups is 2. The number of nitro benzene ring substituents is 1. The van der Waals surface area contributed by atoms with E-state index in [1.165, 1.54) is 50.6 Å². The summed E-state index contributed by atoms with van der Waals surface area (Å²) in [5, 5.41) is 23.1. The average molecular weight is 729 g/mol. The van der Waals surface area contributed by atoms with Crippen LogP contribution in [0, 0.1) is 40.7 Å². The molecule has 0 bridgehead atoms. The van der Waals surface area contributed by atoms with E-state index in [9.17, 15) is 29.6 Å². The van der Waals surface area contributed by atoms with E-state index in [-0.39, 0.29) is 41.5 Å². The molecule has 8 rings (SSSR count). The Hall–Kier alpha value is -6.50. The summed E-state index contributed by atoms with van der Waals surface area (Å²) in [6.45, 7) is 1.93. The lowest BCUT2D eigenvalue weighted by Crippen LogP contribution is -2.53. The number of fused-ring (bicyclic) bond motifs is 4. The third kappa shape index (κ3) is 4.98. The van der Waals surface area contributed by atoms with E-state index < -0.39 is 63.6 Å². The Morgan fingerprint density at radius 1 is 0.852 bits per heavy atom. The summed E-state index contributed by atoms with van der Waals surface area (Å²) in [6.07, 6.45) is 2.12. The molecule has 1 saturated carbocycles. The van der Waals surface area contributed by atoms with Crippen molar-refractivity contribution in [2.75, 3.05) is 24.5 Å². The Labute approximate surface area is 309 Å². The number of phenolic OH excluding ortho intramolecular Hbond substituents is 1. The number of non-ortho nitro benzene ring substituents is 1. The number of allylic oxidation sites excluding steroid dienone is 2. The SMILES string of the molecule is COc1cc(O)cc(OC)c1C1C2=CCC3C(=O)N(c4ccc([N+](=O)[O-])cc4)C(=O)C3C2CC2C(=O)N(Nc3ccc(C)cc3)C(=O)C21c1ccccc1. The van der Waals surface area contributed by atoms with E-state index in [0.29, 0.717) is 22.4 Å². The number of nitrogens with one attached hydrogen (secondary N) is 1. The Balaban J connectivity index is 1.34. The minimum Gasteiger partial charge on any atom is -0.508 e. The second kappa shape index (κ2) is 12.9. The Bertz CT molecular complexity index is 2230. The highest BCUT2D eigenvalue weighted by molar-refractivity contribution is 6.22. The highest BCUT2D eigenvalue weighted by Gasteiger charge is 2.71. The lowest BCUT2D eigenvalue weighted by Gasteiger charge is -2.51. The largest absolute Gasteiger partial charge is 0.508 e. The first-order valence-electron chi connectivity index (χ1n) is 17.6. The fraction of sp³-hybridized carbons (Fsp3) is 0.268. The zero-order valence-electron chi connectivity index (χ0n) is 29.6. The number of hydrazine groups is 1. The highest BCUT2D eigenvalue weighted by atomic mass is 16.6. The molecule has 54 heavy (non-hydrogen) atoms. The fourth-order valence-corrected chi connectivity index (χ4v) is 9.25. The molecule has 13 nitrogen and oxygen atoms in total. The molecule has 0 aromatic heterocycles. The minimum atomic E-state index is -1.59. The van der Waals surface area contributed by atoms with Crippen molar-refractivity contribution in [2.24, 2.45) is 23.7 Å². The fourth-order valence-electron chi connectivity index (χ4n) is 9.25. The van der Waals surface area contributed by atoms with Crippen molar-refractivity contribution in [3.05, 3.63) is 129 Å². The lowest BCUT2D eigenvalue weighted by molar-refractivity contribution is -0.384. The molecule has 13 heteroatoms. The first kappa shape index (κ1) is 34.6. The molecule has 2 saturated heterocycles. The van der Waals surface area contributed by atoms with Gasteiger partial charge in [-0.1, -0.05) is 59.7 Å². The van der Waals surface area contributed by atoms with E-state index in [0.717, 1.165) is 15.5 Å². The molecule has 4 amide bonds. The molecule has 3 fully saturated rings. The number of hydrogen-bond donors (Lipinski definition) is 2. The van der Waals surface area contributed by atoms with E-state index in [4.69, 9.17) is 9.47 Å². The van der Waals surface area contributed by atoms with Crippen LogP contribution in [-0.4, -0.2) is 52.9 Å². The van der Waals surface area contributed by atoms with Gasteiger partial charge in [-0.05, 0) is 55.5 Å². The lowest BCUT2D eigenvalue weighted by atomic mass is 9.49. The first-order valence-corrected chi connectivity index (χ1v) is 17.6. The van der Waals surface area contributed by atoms with Crippen LogP contribution in [0.2, 0.25) is 0 Å². The highest BCUT2D eigenvalue weighted by Crippen LogP contribution is 2.66. The van der Waals surface area contributed by atoms with Gasteiger partial charge in [0.05, 0.1) is 53.7 Å². The molecule has 4 aliphatic rings. The molecular formula is C41H36N4O9. The number of aromatic hydroxyl groups is 1. The van der Waals surface area contributed by atoms with Crippen LogP contribution >= 0.6 is 0 Å². The van der Waals surface area contributed by atoms with Crippen LogP contribution < -0.4 is 19.8 Å². The van der Waals surface area contributed by atoms with Crippen molar-refractivity contribution in [1.29, 1.82) is 0 Å². The predicted molar refractivity (Wildman–Crippen MR) is 196 cm³/mol. The van der Waals surface area contributed by atoms with Crippen LogP contribution in [0.15, 0.2) is 103 Å². The summed E-state index contributed by atoms with van der Waals surface area (Å²) < 4.78 is 11.8. The van der Waals surface area contributed by atoms with Gasteiger partial charge in [0.15, 0.2) is 0 Å². The van der Waals surface area contributed by atoms with Gasteiger partial charge in [-0.25, -0.2) is 0 Å². The van der Waals surface area contributed by atoms with Crippen molar-refractivity contribution in [3.8, 4) is 17.2 Å². The number of phenols is 1. The van der Waals surface area contributed by atoms with Gasteiger partial charge in [0.25, 0.3) is 17.5 Å². The van der Waals surface area contributed by atoms with Gasteiger partial charge in [0, 0.05) is 35.7 Å². The Kier molecular flexibility index (Phi) is 8.24. The van der Waals surface area contributed by atoms with Crippen LogP contribution in [0.4, 0.5) is 17.1 Å². The van der Waals surface area contributed by atoms with Crippen molar-refractivity contribution in [2.45, 2.75) is 31.1 Å². The van der Waals surface area contributed by atoms with Gasteiger partial charge in [-0.2, -0.15) is 5.01 Å².